The number of nitrogens with zero attached hydrogens (tertiary/aromatic N) is 4. The van der Waals surface area contributed by atoms with E-state index in [1.807, 2.05) is 0 Å². The number of hydrogen-bond donors (Lipinski definition) is 0. The lowest BCUT2D eigenvalue weighted by atomic mass is 9.80. The largest absolute Gasteiger partial charge is 0.249 e. The van der Waals surface area contributed by atoms with Gasteiger partial charge in [0.15, 0.2) is 0 Å². The molecule has 0 radical (unpaired) electrons. The first-order chi connectivity index (χ1) is 29.1. The molecule has 0 aromatic heterocycles. The van der Waals surface area contributed by atoms with Gasteiger partial charge in [-0.25, -0.2) is 20.0 Å². The highest BCUT2D eigenvalue weighted by molar-refractivity contribution is 6.51. The molecular formula is C56H52N4. The van der Waals surface area contributed by atoms with Crippen molar-refractivity contribution in [3.63, 3.8) is 0 Å². The standard InChI is InChI=1S/C56H52N4/c1-33(2)45-43-31-41-29-30-42(57-41)32-44-49(37-21-13-9-14-22-37)51(39-25-17-11-18-26-39)55(59-44)52(40-27-19-12-20-28-40)56-50(38-23-15-10-16-24-38)47(35(5)6)54(60-56)48(36(7)8)53(58-43)46(45)34(3)4/h9-36H,1-8H3. The van der Waals surface area contributed by atoms with Crippen molar-refractivity contribution in [3.05, 3.63) is 213 Å². The molecule has 4 aromatic carbocycles. The predicted octanol–water partition coefficient (Wildman–Crippen LogP) is 13.8. The Morgan fingerprint density at radius 2 is 0.833 bits per heavy atom. The molecule has 0 amide bonds. The third-order valence-electron chi connectivity index (χ3n) is 11.8. The zero-order valence-corrected chi connectivity index (χ0v) is 36.0. The maximum absolute atomic E-state index is 6.00. The third-order valence-corrected chi connectivity index (χ3v) is 11.8. The predicted molar refractivity (Wildman–Crippen MR) is 255 cm³/mol. The van der Waals surface area contributed by atoms with Gasteiger partial charge in [-0.1, -0.05) is 177 Å². The molecule has 9 rings (SSSR count). The van der Waals surface area contributed by atoms with Gasteiger partial charge in [-0.3, -0.25) is 0 Å². The van der Waals surface area contributed by atoms with Gasteiger partial charge in [0.05, 0.1) is 45.6 Å². The molecule has 0 fully saturated rings. The molecule has 0 N–H and O–H groups in total. The first kappa shape index (κ1) is 39.0. The van der Waals surface area contributed by atoms with E-state index in [0.717, 1.165) is 90.2 Å². The molecule has 5 aliphatic heterocycles. The lowest BCUT2D eigenvalue weighted by Crippen LogP contribution is -2.18. The van der Waals surface area contributed by atoms with Crippen LogP contribution < -0.4 is 0 Å². The fourth-order valence-corrected chi connectivity index (χ4v) is 9.36. The molecular weight excluding hydrogens is 729 g/mol. The van der Waals surface area contributed by atoms with Gasteiger partial charge < -0.3 is 0 Å². The van der Waals surface area contributed by atoms with Crippen LogP contribution in [0.2, 0.25) is 0 Å². The Morgan fingerprint density at radius 3 is 1.35 bits per heavy atom. The van der Waals surface area contributed by atoms with Crippen LogP contribution in [0, 0.1) is 23.7 Å². The second kappa shape index (κ2) is 15.9. The van der Waals surface area contributed by atoms with E-state index >= 15 is 0 Å². The molecule has 0 atom stereocenters. The van der Waals surface area contributed by atoms with Crippen LogP contribution in [0.3, 0.4) is 0 Å². The van der Waals surface area contributed by atoms with Gasteiger partial charge in [-0.15, -0.1) is 0 Å². The van der Waals surface area contributed by atoms with Crippen LogP contribution >= 0.6 is 0 Å². The monoisotopic (exact) mass is 780 g/mol. The van der Waals surface area contributed by atoms with Gasteiger partial charge in [0.25, 0.3) is 0 Å². The fourth-order valence-electron chi connectivity index (χ4n) is 9.36. The fraction of sp³-hybridized carbons (Fsp3) is 0.214. The van der Waals surface area contributed by atoms with Crippen molar-refractivity contribution in [1.29, 1.82) is 0 Å². The Morgan fingerprint density at radius 1 is 0.350 bits per heavy atom. The van der Waals surface area contributed by atoms with E-state index in [9.17, 15) is 0 Å². The second-order valence-electron chi connectivity index (χ2n) is 17.3. The van der Waals surface area contributed by atoms with E-state index in [2.05, 4.69) is 201 Å². The number of benzene rings is 4. The van der Waals surface area contributed by atoms with Crippen molar-refractivity contribution >= 4 is 45.1 Å². The summed E-state index contributed by atoms with van der Waals surface area (Å²) in [6.07, 6.45) is 8.57. The molecule has 0 saturated carbocycles. The van der Waals surface area contributed by atoms with Crippen molar-refractivity contribution in [2.24, 2.45) is 43.6 Å². The summed E-state index contributed by atoms with van der Waals surface area (Å²) in [4.78, 5) is 22.7. The SMILES string of the molecule is CC(C)C1=C2N=C(C(c3ccccc3)=C3N=C(C=C4C=CC(=N4)C=C4N=C1C(C(C)C)=C4C(C)C)C(c1ccccc1)=C3c1ccccc1)C(c1ccccc1)=C2C(C)C. The van der Waals surface area contributed by atoms with Crippen molar-refractivity contribution in [1.82, 2.24) is 0 Å². The molecule has 4 heteroatoms. The minimum absolute atomic E-state index is 0.125. The van der Waals surface area contributed by atoms with Crippen LogP contribution in [0.1, 0.15) is 77.6 Å². The number of hydrogen-bond acceptors (Lipinski definition) is 4. The number of fused-ring (bicyclic) bond motifs is 4. The van der Waals surface area contributed by atoms with Crippen LogP contribution in [0.15, 0.2) is 211 Å². The van der Waals surface area contributed by atoms with Crippen molar-refractivity contribution in [2.45, 2.75) is 55.4 Å². The Balaban J connectivity index is 1.52. The summed E-state index contributed by atoms with van der Waals surface area (Å²) >= 11 is 0. The van der Waals surface area contributed by atoms with Gasteiger partial charge >= 0.3 is 0 Å². The van der Waals surface area contributed by atoms with E-state index in [-0.39, 0.29) is 23.7 Å². The summed E-state index contributed by atoms with van der Waals surface area (Å²) in [6.45, 7) is 18.4. The molecule has 4 nitrogen and oxygen atoms in total. The average Bonchev–Trinajstić information content (AvgIpc) is 4.03. The van der Waals surface area contributed by atoms with Crippen LogP contribution in [0.25, 0.3) is 22.3 Å². The third kappa shape index (κ3) is 6.84. The van der Waals surface area contributed by atoms with Crippen molar-refractivity contribution in [3.8, 4) is 0 Å². The second-order valence-corrected chi connectivity index (χ2v) is 17.3. The smallest absolute Gasteiger partial charge is 0.0822 e. The van der Waals surface area contributed by atoms with Gasteiger partial charge in [0, 0.05) is 27.9 Å². The van der Waals surface area contributed by atoms with Crippen molar-refractivity contribution in [2.75, 3.05) is 0 Å². The van der Waals surface area contributed by atoms with Crippen LogP contribution in [-0.4, -0.2) is 22.8 Å². The lowest BCUT2D eigenvalue weighted by Gasteiger charge is -2.23. The number of allylic oxidation sites excluding steroid dienone is 12. The summed E-state index contributed by atoms with van der Waals surface area (Å²) in [5.74, 6) is 0.773. The van der Waals surface area contributed by atoms with Gasteiger partial charge in [0.2, 0.25) is 0 Å². The summed E-state index contributed by atoms with van der Waals surface area (Å²) in [5, 5.41) is 0. The van der Waals surface area contributed by atoms with E-state index in [1.54, 1.807) is 0 Å². The Kier molecular flexibility index (Phi) is 10.3. The Labute approximate surface area is 355 Å². The van der Waals surface area contributed by atoms with Gasteiger partial charge in [0.1, 0.15) is 0 Å². The molecule has 0 aliphatic carbocycles. The first-order valence-electron chi connectivity index (χ1n) is 21.5. The number of aliphatic imine (C=N–C) groups is 4. The van der Waals surface area contributed by atoms with Crippen LogP contribution in [0.5, 0.6) is 0 Å². The Bertz CT molecular complexity index is 2790. The molecule has 0 saturated heterocycles. The summed E-state index contributed by atoms with van der Waals surface area (Å²) in [5.41, 5.74) is 21.2. The molecule has 0 spiro atoms. The molecule has 60 heavy (non-hydrogen) atoms. The molecule has 8 bridgehead atoms. The lowest BCUT2D eigenvalue weighted by molar-refractivity contribution is 0.723. The molecule has 5 aliphatic rings. The van der Waals surface area contributed by atoms with E-state index < -0.39 is 0 Å². The highest BCUT2D eigenvalue weighted by Crippen LogP contribution is 2.50. The molecule has 5 heterocycles. The average molecular weight is 781 g/mol. The summed E-state index contributed by atoms with van der Waals surface area (Å²) in [7, 11) is 0. The van der Waals surface area contributed by atoms with Crippen molar-refractivity contribution < 1.29 is 0 Å². The topological polar surface area (TPSA) is 49.4 Å². The van der Waals surface area contributed by atoms with Crippen LogP contribution in [0.4, 0.5) is 0 Å². The minimum Gasteiger partial charge on any atom is -0.249 e. The maximum Gasteiger partial charge on any atom is 0.0822 e. The first-order valence-corrected chi connectivity index (χ1v) is 21.5. The van der Waals surface area contributed by atoms with E-state index in [4.69, 9.17) is 20.0 Å². The maximum atomic E-state index is 6.00. The van der Waals surface area contributed by atoms with Gasteiger partial charge in [-0.05, 0) is 86.9 Å². The number of rotatable bonds is 8. The quantitative estimate of drug-likeness (QED) is 0.171. The normalized spacial score (nSPS) is 17.8. The van der Waals surface area contributed by atoms with E-state index in [1.165, 1.54) is 22.3 Å². The highest BCUT2D eigenvalue weighted by Gasteiger charge is 2.39. The summed E-state index contributed by atoms with van der Waals surface area (Å²) < 4.78 is 0. The van der Waals surface area contributed by atoms with Gasteiger partial charge in [-0.2, -0.15) is 0 Å². The zero-order chi connectivity index (χ0) is 41.7. The highest BCUT2D eigenvalue weighted by atomic mass is 14.9. The molecule has 296 valence electrons. The zero-order valence-electron chi connectivity index (χ0n) is 36.0. The molecule has 0 unspecified atom stereocenters. The summed E-state index contributed by atoms with van der Waals surface area (Å²) in [6, 6.07) is 43.1. The van der Waals surface area contributed by atoms with Crippen LogP contribution in [-0.2, 0) is 0 Å². The van der Waals surface area contributed by atoms with E-state index in [0.29, 0.717) is 0 Å². The minimum atomic E-state index is 0.125. The molecule has 4 aromatic rings. The Hall–Kier alpha value is -6.52.